The highest BCUT2D eigenvalue weighted by molar-refractivity contribution is 5.70. The Labute approximate surface area is 119 Å². The highest BCUT2D eigenvalue weighted by Gasteiger charge is 2.33. The highest BCUT2D eigenvalue weighted by Crippen LogP contribution is 2.24. The molecule has 1 saturated heterocycles. The van der Waals surface area contributed by atoms with E-state index in [1.54, 1.807) is 18.2 Å². The van der Waals surface area contributed by atoms with Crippen LogP contribution in [-0.4, -0.2) is 47.8 Å². The third-order valence-electron chi connectivity index (χ3n) is 2.86. The van der Waals surface area contributed by atoms with Crippen molar-refractivity contribution < 1.29 is 14.3 Å². The quantitative estimate of drug-likeness (QED) is 0.918. The average molecular weight is 279 g/mol. The summed E-state index contributed by atoms with van der Waals surface area (Å²) in [5, 5.41) is 3.31. The summed E-state index contributed by atoms with van der Waals surface area (Å²) in [5.41, 5.74) is 0.381. The van der Waals surface area contributed by atoms with E-state index in [1.165, 1.54) is 0 Å². The minimum Gasteiger partial charge on any atom is -0.480 e. The monoisotopic (exact) mass is 279 g/mol. The van der Waals surface area contributed by atoms with Crippen molar-refractivity contribution in [2.75, 3.05) is 25.5 Å². The van der Waals surface area contributed by atoms with Crippen molar-refractivity contribution in [2.45, 2.75) is 32.4 Å². The molecule has 0 radical (unpaired) electrons. The first-order valence-corrected chi connectivity index (χ1v) is 6.62. The smallest absolute Gasteiger partial charge is 0.410 e. The number of aromatic nitrogens is 1. The van der Waals surface area contributed by atoms with Crippen LogP contribution in [0.1, 0.15) is 20.8 Å². The van der Waals surface area contributed by atoms with Gasteiger partial charge in [0.25, 0.3) is 0 Å². The van der Waals surface area contributed by atoms with Crippen LogP contribution in [0.2, 0.25) is 0 Å². The van der Waals surface area contributed by atoms with Gasteiger partial charge in [0.15, 0.2) is 0 Å². The van der Waals surface area contributed by atoms with Gasteiger partial charge in [0.1, 0.15) is 5.60 Å². The van der Waals surface area contributed by atoms with Crippen LogP contribution >= 0.6 is 0 Å². The number of rotatable bonds is 3. The fraction of sp³-hybridized carbons (Fsp3) is 0.571. The van der Waals surface area contributed by atoms with Crippen LogP contribution in [0.4, 0.5) is 10.5 Å². The van der Waals surface area contributed by atoms with E-state index >= 15 is 0 Å². The lowest BCUT2D eigenvalue weighted by Crippen LogP contribution is -2.57. The molecule has 6 nitrogen and oxygen atoms in total. The van der Waals surface area contributed by atoms with Gasteiger partial charge in [-0.05, 0) is 32.9 Å². The predicted molar refractivity (Wildman–Crippen MR) is 76.0 cm³/mol. The molecule has 0 aliphatic carbocycles. The fourth-order valence-electron chi connectivity index (χ4n) is 1.93. The van der Waals surface area contributed by atoms with Crippen molar-refractivity contribution in [3.8, 4) is 5.88 Å². The number of likely N-dealkylation sites (tertiary alicyclic amines) is 1. The molecule has 0 aromatic carbocycles. The van der Waals surface area contributed by atoms with E-state index in [2.05, 4.69) is 10.3 Å². The first kappa shape index (κ1) is 14.4. The van der Waals surface area contributed by atoms with Gasteiger partial charge < -0.3 is 19.7 Å². The lowest BCUT2D eigenvalue weighted by atomic mass is 10.1. The summed E-state index contributed by atoms with van der Waals surface area (Å²) in [6.45, 7) is 6.82. The Balaban J connectivity index is 1.84. The molecule has 0 spiro atoms. The zero-order valence-corrected chi connectivity index (χ0v) is 12.3. The van der Waals surface area contributed by atoms with Gasteiger partial charge in [0.05, 0.1) is 18.8 Å². The molecule has 1 aromatic heterocycles. The maximum Gasteiger partial charge on any atom is 0.410 e. The number of methoxy groups -OCH3 is 1. The molecular weight excluding hydrogens is 258 g/mol. The SMILES string of the molecule is COc1ncccc1NC1CN(C(=O)OC(C)(C)C)C1. The summed E-state index contributed by atoms with van der Waals surface area (Å²) in [5.74, 6) is 0.559. The lowest BCUT2D eigenvalue weighted by molar-refractivity contribution is 0.0105. The lowest BCUT2D eigenvalue weighted by Gasteiger charge is -2.40. The van der Waals surface area contributed by atoms with E-state index < -0.39 is 5.60 Å². The van der Waals surface area contributed by atoms with Gasteiger partial charge in [0, 0.05) is 19.3 Å². The van der Waals surface area contributed by atoms with Gasteiger partial charge in [-0.3, -0.25) is 0 Å². The van der Waals surface area contributed by atoms with Crippen LogP contribution in [0.5, 0.6) is 5.88 Å². The largest absolute Gasteiger partial charge is 0.480 e. The number of anilines is 1. The van der Waals surface area contributed by atoms with Crippen LogP contribution in [-0.2, 0) is 4.74 Å². The number of carbonyl (C=O) groups excluding carboxylic acids is 1. The second-order valence-corrected chi connectivity index (χ2v) is 5.79. The van der Waals surface area contributed by atoms with Gasteiger partial charge >= 0.3 is 6.09 Å². The van der Waals surface area contributed by atoms with Crippen molar-refractivity contribution >= 4 is 11.8 Å². The van der Waals surface area contributed by atoms with Crippen molar-refractivity contribution in [3.05, 3.63) is 18.3 Å². The zero-order chi connectivity index (χ0) is 14.8. The van der Waals surface area contributed by atoms with Crippen molar-refractivity contribution in [2.24, 2.45) is 0 Å². The second-order valence-electron chi connectivity index (χ2n) is 5.79. The maximum atomic E-state index is 11.8. The Kier molecular flexibility index (Phi) is 4.01. The predicted octanol–water partition coefficient (Wildman–Crippen LogP) is 2.12. The summed E-state index contributed by atoms with van der Waals surface area (Å²) >= 11 is 0. The fourth-order valence-corrected chi connectivity index (χ4v) is 1.93. The molecule has 1 aliphatic rings. The topological polar surface area (TPSA) is 63.7 Å². The molecule has 1 aliphatic heterocycles. The molecule has 0 saturated carbocycles. The molecule has 1 fully saturated rings. The average Bonchev–Trinajstić information content (AvgIpc) is 2.31. The normalized spacial score (nSPS) is 15.5. The Morgan fingerprint density at radius 3 is 2.75 bits per heavy atom. The Hall–Kier alpha value is -1.98. The number of nitrogens with one attached hydrogen (secondary N) is 1. The van der Waals surface area contributed by atoms with Crippen LogP contribution in [0.25, 0.3) is 0 Å². The van der Waals surface area contributed by atoms with Gasteiger partial charge in [0.2, 0.25) is 5.88 Å². The van der Waals surface area contributed by atoms with Gasteiger partial charge in [-0.15, -0.1) is 0 Å². The minimum atomic E-state index is -0.456. The summed E-state index contributed by atoms with van der Waals surface area (Å²) in [7, 11) is 1.58. The molecule has 1 N–H and O–H groups in total. The van der Waals surface area contributed by atoms with Crippen LogP contribution in [0, 0.1) is 0 Å². The highest BCUT2D eigenvalue weighted by atomic mass is 16.6. The van der Waals surface area contributed by atoms with Crippen LogP contribution < -0.4 is 10.1 Å². The minimum absolute atomic E-state index is 0.195. The van der Waals surface area contributed by atoms with E-state index in [9.17, 15) is 4.79 Å². The zero-order valence-electron chi connectivity index (χ0n) is 12.3. The molecule has 0 unspecified atom stereocenters. The van der Waals surface area contributed by atoms with Crippen molar-refractivity contribution in [1.82, 2.24) is 9.88 Å². The third kappa shape index (κ3) is 3.53. The van der Waals surface area contributed by atoms with E-state index in [1.807, 2.05) is 32.9 Å². The Morgan fingerprint density at radius 1 is 1.45 bits per heavy atom. The Morgan fingerprint density at radius 2 is 2.15 bits per heavy atom. The van der Waals surface area contributed by atoms with Crippen molar-refractivity contribution in [1.29, 1.82) is 0 Å². The van der Waals surface area contributed by atoms with Crippen LogP contribution in [0.15, 0.2) is 18.3 Å². The number of amides is 1. The number of pyridine rings is 1. The maximum absolute atomic E-state index is 11.8. The van der Waals surface area contributed by atoms with E-state index in [0.29, 0.717) is 19.0 Å². The molecule has 2 heterocycles. The number of ether oxygens (including phenoxy) is 2. The first-order chi connectivity index (χ1) is 9.39. The van der Waals surface area contributed by atoms with Crippen LogP contribution in [0.3, 0.4) is 0 Å². The van der Waals surface area contributed by atoms with E-state index in [4.69, 9.17) is 9.47 Å². The molecule has 110 valence electrons. The molecule has 0 atom stereocenters. The van der Waals surface area contributed by atoms with E-state index in [-0.39, 0.29) is 12.1 Å². The first-order valence-electron chi connectivity index (χ1n) is 6.62. The number of hydrogen-bond acceptors (Lipinski definition) is 5. The molecular formula is C14H21N3O3. The van der Waals surface area contributed by atoms with E-state index in [0.717, 1.165) is 5.69 Å². The van der Waals surface area contributed by atoms with Gasteiger partial charge in [-0.25, -0.2) is 9.78 Å². The summed E-state index contributed by atoms with van der Waals surface area (Å²) in [6, 6.07) is 3.94. The molecule has 1 aromatic rings. The summed E-state index contributed by atoms with van der Waals surface area (Å²) in [6.07, 6.45) is 1.41. The standard InChI is InChI=1S/C14H21N3O3/c1-14(2,3)20-13(18)17-8-10(9-17)16-11-6-5-7-15-12(11)19-4/h5-7,10,16H,8-9H2,1-4H3. The van der Waals surface area contributed by atoms with Gasteiger partial charge in [-0.2, -0.15) is 0 Å². The third-order valence-corrected chi connectivity index (χ3v) is 2.86. The summed E-state index contributed by atoms with van der Waals surface area (Å²) in [4.78, 5) is 17.6. The molecule has 2 rings (SSSR count). The Bertz CT molecular complexity index is 479. The molecule has 6 heteroatoms. The number of nitrogens with zero attached hydrogens (tertiary/aromatic N) is 2. The molecule has 20 heavy (non-hydrogen) atoms. The number of hydrogen-bond donors (Lipinski definition) is 1. The number of carbonyl (C=O) groups is 1. The molecule has 1 amide bonds. The van der Waals surface area contributed by atoms with Gasteiger partial charge in [-0.1, -0.05) is 0 Å². The second kappa shape index (κ2) is 5.56. The van der Waals surface area contributed by atoms with Crippen molar-refractivity contribution in [3.63, 3.8) is 0 Å². The summed E-state index contributed by atoms with van der Waals surface area (Å²) < 4.78 is 10.5. The molecule has 0 bridgehead atoms.